The number of fused-ring (bicyclic) bond motifs is 1. The van der Waals surface area contributed by atoms with Crippen molar-refractivity contribution in [2.75, 3.05) is 41.0 Å². The number of aliphatic hydroxyl groups is 1. The van der Waals surface area contributed by atoms with Crippen LogP contribution < -0.4 is 0 Å². The Morgan fingerprint density at radius 1 is 0.900 bits per heavy atom. The van der Waals surface area contributed by atoms with Crippen LogP contribution in [0, 0.1) is 33.6 Å². The first kappa shape index (κ1) is 48.4. The third kappa shape index (κ3) is 17.8. The van der Waals surface area contributed by atoms with Crippen molar-refractivity contribution in [2.45, 2.75) is 115 Å². The second-order valence-electron chi connectivity index (χ2n) is 12.2. The minimum Gasteiger partial charge on any atom is -0.501 e. The van der Waals surface area contributed by atoms with Crippen LogP contribution in [0.2, 0.25) is 0 Å². The maximum absolute atomic E-state index is 12.7. The summed E-state index contributed by atoms with van der Waals surface area (Å²) >= 11 is 0. The van der Waals surface area contributed by atoms with Crippen molar-refractivity contribution in [2.24, 2.45) is 5.92 Å². The zero-order valence-corrected chi connectivity index (χ0v) is 33.8. The van der Waals surface area contributed by atoms with Gasteiger partial charge in [-0.1, -0.05) is 72.2 Å². The molecule has 1 N–H and O–H groups in total. The van der Waals surface area contributed by atoms with Crippen LogP contribution in [-0.2, 0) is 20.8 Å². The summed E-state index contributed by atoms with van der Waals surface area (Å²) in [7, 11) is 4.37. The van der Waals surface area contributed by atoms with Crippen molar-refractivity contribution in [1.82, 2.24) is 19.9 Å². The summed E-state index contributed by atoms with van der Waals surface area (Å²) in [6, 6.07) is 7.90. The number of nitrogens with zero attached hydrogens (tertiary/aromatic N) is 4. The SMILES string of the molecule is CC.CCC.CO.COC=C(C)OCCn1nc2c(C)ccc(C)c2n1.Cc1ccc(C)c(C(=O)N(C)CCC(C)OCCC(C)C)c1C=O. The van der Waals surface area contributed by atoms with Crippen LogP contribution in [0.4, 0.5) is 0 Å². The van der Waals surface area contributed by atoms with Crippen molar-refractivity contribution in [3.8, 4) is 0 Å². The van der Waals surface area contributed by atoms with Crippen molar-refractivity contribution in [3.05, 3.63) is 69.7 Å². The molecule has 10 heteroatoms. The molecule has 284 valence electrons. The minimum atomic E-state index is -0.104. The lowest BCUT2D eigenvalue weighted by Gasteiger charge is -2.22. The number of aldehydes is 1. The Kier molecular flexibility index (Phi) is 27.1. The van der Waals surface area contributed by atoms with E-state index in [2.05, 4.69) is 50.0 Å². The molecule has 1 aromatic heterocycles. The number of benzene rings is 2. The Hall–Kier alpha value is -3.76. The number of ether oxygens (including phenoxy) is 3. The number of rotatable bonds is 14. The minimum absolute atomic E-state index is 0.104. The molecule has 0 spiro atoms. The summed E-state index contributed by atoms with van der Waals surface area (Å²) in [4.78, 5) is 27.5. The molecule has 0 radical (unpaired) electrons. The lowest BCUT2D eigenvalue weighted by Crippen LogP contribution is -2.31. The Morgan fingerprint density at radius 2 is 1.40 bits per heavy atom. The highest BCUT2D eigenvalue weighted by molar-refractivity contribution is 6.03. The number of carbonyl (C=O) groups is 2. The van der Waals surface area contributed by atoms with E-state index >= 15 is 0 Å². The molecule has 0 saturated heterocycles. The highest BCUT2D eigenvalue weighted by Gasteiger charge is 2.20. The average molecular weight is 701 g/mol. The van der Waals surface area contributed by atoms with E-state index in [1.165, 1.54) is 6.42 Å². The van der Waals surface area contributed by atoms with E-state index in [0.717, 1.165) is 71.9 Å². The number of hydrogen-bond donors (Lipinski definition) is 1. The highest BCUT2D eigenvalue weighted by atomic mass is 16.5. The Bertz CT molecular complexity index is 1360. The summed E-state index contributed by atoms with van der Waals surface area (Å²) in [6.45, 7) is 26.8. The molecule has 0 aliphatic carbocycles. The second-order valence-corrected chi connectivity index (χ2v) is 12.2. The lowest BCUT2D eigenvalue weighted by atomic mass is 9.97. The maximum Gasteiger partial charge on any atom is 0.254 e. The summed E-state index contributed by atoms with van der Waals surface area (Å²) < 4.78 is 16.1. The number of aliphatic hydroxyl groups excluding tert-OH is 1. The fourth-order valence-corrected chi connectivity index (χ4v) is 4.40. The Balaban J connectivity index is 0. The number of carbonyl (C=O) groups excluding carboxylic acids is 2. The lowest BCUT2D eigenvalue weighted by molar-refractivity contribution is 0.0453. The van der Waals surface area contributed by atoms with Crippen molar-refractivity contribution < 1.29 is 28.9 Å². The summed E-state index contributed by atoms with van der Waals surface area (Å²) in [6.07, 6.45) is 5.54. The van der Waals surface area contributed by atoms with Crippen molar-refractivity contribution in [1.29, 1.82) is 0 Å². The van der Waals surface area contributed by atoms with Crippen LogP contribution in [0.3, 0.4) is 0 Å². The molecule has 0 aliphatic heterocycles. The highest BCUT2D eigenvalue weighted by Crippen LogP contribution is 2.20. The van der Waals surface area contributed by atoms with Gasteiger partial charge in [-0.3, -0.25) is 9.59 Å². The van der Waals surface area contributed by atoms with Gasteiger partial charge in [-0.15, -0.1) is 0 Å². The van der Waals surface area contributed by atoms with Gasteiger partial charge in [-0.2, -0.15) is 15.0 Å². The normalized spacial score (nSPS) is 11.0. The summed E-state index contributed by atoms with van der Waals surface area (Å²) in [5, 5.41) is 16.0. The molecule has 0 bridgehead atoms. The van der Waals surface area contributed by atoms with Gasteiger partial charge in [0, 0.05) is 32.9 Å². The van der Waals surface area contributed by atoms with Crippen molar-refractivity contribution in [3.63, 3.8) is 0 Å². The van der Waals surface area contributed by atoms with E-state index in [-0.39, 0.29) is 12.0 Å². The van der Waals surface area contributed by atoms with Crippen LogP contribution in [-0.4, -0.2) is 84.3 Å². The second kappa shape index (κ2) is 28.0. The average Bonchev–Trinajstić information content (AvgIpc) is 3.54. The van der Waals surface area contributed by atoms with Gasteiger partial charge >= 0.3 is 0 Å². The summed E-state index contributed by atoms with van der Waals surface area (Å²) in [5.74, 6) is 1.27. The Labute approximate surface area is 303 Å². The molecule has 1 heterocycles. The summed E-state index contributed by atoms with van der Waals surface area (Å²) in [5.41, 5.74) is 6.88. The molecule has 3 aromatic rings. The number of allylic oxidation sites excluding steroid dienone is 1. The maximum atomic E-state index is 12.7. The molecular weight excluding hydrogens is 632 g/mol. The molecule has 0 fully saturated rings. The van der Waals surface area contributed by atoms with Gasteiger partial charge in [0.25, 0.3) is 5.91 Å². The quantitative estimate of drug-likeness (QED) is 0.131. The third-order valence-electron chi connectivity index (χ3n) is 7.21. The van der Waals surface area contributed by atoms with Crippen molar-refractivity contribution >= 4 is 23.2 Å². The van der Waals surface area contributed by atoms with Crippen LogP contribution in [0.25, 0.3) is 11.0 Å². The predicted octanol–water partition coefficient (Wildman–Crippen LogP) is 8.65. The van der Waals surface area contributed by atoms with Crippen LogP contribution >= 0.6 is 0 Å². The smallest absolute Gasteiger partial charge is 0.254 e. The van der Waals surface area contributed by atoms with Crippen LogP contribution in [0.5, 0.6) is 0 Å². The van der Waals surface area contributed by atoms with Gasteiger partial charge in [0.1, 0.15) is 29.7 Å². The van der Waals surface area contributed by atoms with Gasteiger partial charge in [-0.25, -0.2) is 0 Å². The monoisotopic (exact) mass is 701 g/mol. The first-order valence-corrected chi connectivity index (χ1v) is 17.8. The molecule has 3 rings (SSSR count). The van der Waals surface area contributed by atoms with E-state index in [4.69, 9.17) is 19.3 Å². The topological polar surface area (TPSA) is 116 Å². The first-order valence-electron chi connectivity index (χ1n) is 17.8. The zero-order valence-electron chi connectivity index (χ0n) is 33.8. The van der Waals surface area contributed by atoms with E-state index < -0.39 is 0 Å². The molecule has 1 unspecified atom stereocenters. The molecule has 1 amide bonds. The number of methoxy groups -OCH3 is 1. The van der Waals surface area contributed by atoms with E-state index in [9.17, 15) is 9.59 Å². The molecule has 2 aromatic carbocycles. The van der Waals surface area contributed by atoms with Gasteiger partial charge in [0.2, 0.25) is 0 Å². The molecular formula is C40H68N4O6. The predicted molar refractivity (Wildman–Crippen MR) is 207 cm³/mol. The Morgan fingerprint density at radius 3 is 1.88 bits per heavy atom. The fraction of sp³-hybridized carbons (Fsp3) is 0.600. The molecule has 0 saturated carbocycles. The standard InChI is InChI=1S/C20H31NO3.C14H19N3O2.C3H8.C2H6.CH4O/c1-14(2)10-12-24-17(5)9-11-21(6)20(23)19-16(4)8-7-15(3)18(19)13-22;1-10-5-6-11(2)14-13(10)15-17(16-14)7-8-19-12(3)9-18-4;1-3-2;2*1-2/h7-8,13-14,17H,9-12H2,1-6H3;5-6,9H,7-8H2,1-4H3;3H2,1-2H3;1-2H3;2H,1H3. The largest absolute Gasteiger partial charge is 0.501 e. The van der Waals surface area contributed by atoms with Crippen LogP contribution in [0.15, 0.2) is 36.3 Å². The number of amides is 1. The number of aryl methyl sites for hydroxylation is 4. The molecule has 0 aliphatic rings. The van der Waals surface area contributed by atoms with Crippen LogP contribution in [0.1, 0.15) is 118 Å². The van der Waals surface area contributed by atoms with E-state index in [0.29, 0.717) is 36.7 Å². The molecule has 50 heavy (non-hydrogen) atoms. The third-order valence-corrected chi connectivity index (χ3v) is 7.21. The number of hydrogen-bond acceptors (Lipinski definition) is 8. The first-order chi connectivity index (χ1) is 23.8. The van der Waals surface area contributed by atoms with Gasteiger partial charge in [-0.05, 0) is 82.6 Å². The fourth-order valence-electron chi connectivity index (χ4n) is 4.40. The molecule has 1 atom stereocenters. The van der Waals surface area contributed by atoms with E-state index in [1.54, 1.807) is 30.1 Å². The van der Waals surface area contributed by atoms with Gasteiger partial charge < -0.3 is 24.2 Å². The van der Waals surface area contributed by atoms with Gasteiger partial charge in [0.15, 0.2) is 6.29 Å². The van der Waals surface area contributed by atoms with Gasteiger partial charge in [0.05, 0.1) is 25.3 Å². The number of aromatic nitrogens is 3. The molecule has 10 nitrogen and oxygen atoms in total. The van der Waals surface area contributed by atoms with E-state index in [1.807, 2.05) is 67.5 Å². The zero-order chi connectivity index (χ0) is 38.8.